The molecule has 2 aromatic heterocycles. The molecule has 0 aliphatic carbocycles. The summed E-state index contributed by atoms with van der Waals surface area (Å²) in [5.74, 6) is 1.91. The Morgan fingerprint density at radius 2 is 2.06 bits per heavy atom. The molecule has 188 valence electrons. The van der Waals surface area contributed by atoms with Gasteiger partial charge in [0.15, 0.2) is 5.82 Å². The van der Waals surface area contributed by atoms with Crippen molar-refractivity contribution in [3.8, 4) is 28.4 Å². The fraction of sp³-hybridized carbons (Fsp3) is 0.480. The number of rotatable bonds is 9. The zero-order valence-electron chi connectivity index (χ0n) is 20.3. The largest absolute Gasteiger partial charge is 0.491 e. The zero-order valence-corrected chi connectivity index (χ0v) is 21.8. The molecule has 0 amide bonds. The van der Waals surface area contributed by atoms with E-state index >= 15 is 0 Å². The van der Waals surface area contributed by atoms with Crippen molar-refractivity contribution in [3.63, 3.8) is 0 Å². The van der Waals surface area contributed by atoms with Crippen LogP contribution in [0.4, 0.5) is 0 Å². The van der Waals surface area contributed by atoms with Crippen molar-refractivity contribution < 1.29 is 19.1 Å². The molecule has 0 saturated carbocycles. The molecule has 2 N–H and O–H groups in total. The lowest BCUT2D eigenvalue weighted by Crippen LogP contribution is -2.29. The zero-order chi connectivity index (χ0) is 25.1. The van der Waals surface area contributed by atoms with Gasteiger partial charge in [-0.15, -0.1) is 0 Å². The van der Waals surface area contributed by atoms with Gasteiger partial charge >= 0.3 is 0 Å². The van der Waals surface area contributed by atoms with Crippen LogP contribution in [-0.2, 0) is 11.2 Å². The fourth-order valence-electron chi connectivity index (χ4n) is 4.31. The molecule has 0 radical (unpaired) electrons. The van der Waals surface area contributed by atoms with Crippen LogP contribution in [0.1, 0.15) is 30.5 Å². The Bertz CT molecular complexity index is 1170. The van der Waals surface area contributed by atoms with Crippen molar-refractivity contribution in [2.45, 2.75) is 45.8 Å². The van der Waals surface area contributed by atoms with Crippen molar-refractivity contribution in [2.24, 2.45) is 5.92 Å². The maximum Gasteiger partial charge on any atom is 0.161 e. The molecule has 3 aromatic rings. The molecule has 1 fully saturated rings. The highest BCUT2D eigenvalue weighted by atomic mass is 35.5. The third-order valence-corrected chi connectivity index (χ3v) is 6.74. The number of nitrogens with one attached hydrogen (secondary N) is 1. The number of aryl methyl sites for hydroxylation is 2. The van der Waals surface area contributed by atoms with E-state index in [1.807, 2.05) is 13.8 Å². The predicted octanol–water partition coefficient (Wildman–Crippen LogP) is 4.65. The summed E-state index contributed by atoms with van der Waals surface area (Å²) in [5.41, 5.74) is 3.33. The molecule has 10 heteroatoms. The third kappa shape index (κ3) is 5.95. The van der Waals surface area contributed by atoms with Crippen LogP contribution in [0.25, 0.3) is 22.6 Å². The maximum atomic E-state index is 9.99. The number of benzene rings is 1. The number of hydrogen-bond acceptors (Lipinski definition) is 8. The Hall–Kier alpha value is -2.23. The molecular formula is C25H30Cl2N4O4. The highest BCUT2D eigenvalue weighted by Crippen LogP contribution is 2.38. The molecule has 1 aliphatic rings. The summed E-state index contributed by atoms with van der Waals surface area (Å²) in [4.78, 5) is 9.65. The second-order valence-electron chi connectivity index (χ2n) is 8.97. The highest BCUT2D eigenvalue weighted by Gasteiger charge is 2.27. The standard InChI is InChI=1S/C25H30Cl2N4O4/c1-13-7-16(11-33-13)8-21-23(27)24(22-14(2)31-35-15(22)3)30-25(29-21)19-9-18(5-6-20(19)26)34-12-17(32)10-28-4/h5-6,9,13,16-17,28,32H,7-8,10-12H2,1-4H3/t13-,16-,17-/m1/s1. The summed E-state index contributed by atoms with van der Waals surface area (Å²) < 4.78 is 16.9. The van der Waals surface area contributed by atoms with Gasteiger partial charge in [-0.25, -0.2) is 9.97 Å². The molecule has 1 aliphatic heterocycles. The van der Waals surface area contributed by atoms with E-state index in [-0.39, 0.29) is 12.7 Å². The molecule has 0 bridgehead atoms. The van der Waals surface area contributed by atoms with E-state index in [0.717, 1.165) is 17.7 Å². The predicted molar refractivity (Wildman–Crippen MR) is 135 cm³/mol. The Labute approximate surface area is 215 Å². The molecule has 0 spiro atoms. The number of ether oxygens (including phenoxy) is 2. The van der Waals surface area contributed by atoms with Gasteiger partial charge in [0.05, 0.1) is 45.4 Å². The van der Waals surface area contributed by atoms with E-state index in [1.165, 1.54) is 0 Å². The molecule has 35 heavy (non-hydrogen) atoms. The van der Waals surface area contributed by atoms with E-state index in [2.05, 4.69) is 17.4 Å². The average molecular weight is 521 g/mol. The Morgan fingerprint density at radius 3 is 2.71 bits per heavy atom. The Balaban J connectivity index is 1.76. The molecule has 3 heterocycles. The fourth-order valence-corrected chi connectivity index (χ4v) is 4.77. The first-order valence-corrected chi connectivity index (χ1v) is 12.4. The van der Waals surface area contributed by atoms with Crippen LogP contribution >= 0.6 is 23.2 Å². The van der Waals surface area contributed by atoms with Gasteiger partial charge in [0, 0.05) is 12.1 Å². The van der Waals surface area contributed by atoms with Crippen LogP contribution in [-0.4, -0.2) is 59.2 Å². The lowest BCUT2D eigenvalue weighted by Gasteiger charge is -2.16. The quantitative estimate of drug-likeness (QED) is 0.420. The number of likely N-dealkylation sites (N-methyl/N-ethyl adjacent to an activating group) is 1. The van der Waals surface area contributed by atoms with Crippen molar-refractivity contribution in [2.75, 3.05) is 26.8 Å². The van der Waals surface area contributed by atoms with Crippen molar-refractivity contribution in [1.29, 1.82) is 0 Å². The van der Waals surface area contributed by atoms with Crippen molar-refractivity contribution in [1.82, 2.24) is 20.4 Å². The number of halogens is 2. The normalized spacial score (nSPS) is 18.7. The van der Waals surface area contributed by atoms with Gasteiger partial charge in [-0.05, 0) is 64.8 Å². The average Bonchev–Trinajstić information content (AvgIpc) is 3.39. The topological polar surface area (TPSA) is 103 Å². The van der Waals surface area contributed by atoms with Crippen LogP contribution < -0.4 is 10.1 Å². The highest BCUT2D eigenvalue weighted by molar-refractivity contribution is 6.34. The number of hydrogen-bond donors (Lipinski definition) is 2. The Morgan fingerprint density at radius 1 is 1.26 bits per heavy atom. The minimum Gasteiger partial charge on any atom is -0.491 e. The van der Waals surface area contributed by atoms with E-state index in [0.29, 0.717) is 69.8 Å². The van der Waals surface area contributed by atoms with E-state index in [4.69, 9.17) is 47.2 Å². The van der Waals surface area contributed by atoms with Gasteiger partial charge in [-0.2, -0.15) is 0 Å². The molecule has 4 rings (SSSR count). The van der Waals surface area contributed by atoms with Gasteiger partial charge in [0.1, 0.15) is 24.2 Å². The lowest BCUT2D eigenvalue weighted by atomic mass is 9.98. The number of aliphatic hydroxyl groups is 1. The molecule has 8 nitrogen and oxygen atoms in total. The summed E-state index contributed by atoms with van der Waals surface area (Å²) in [5, 5.41) is 17.9. The molecule has 1 aromatic carbocycles. The first-order valence-electron chi connectivity index (χ1n) is 11.6. The van der Waals surface area contributed by atoms with Gasteiger partial charge < -0.3 is 24.4 Å². The number of aromatic nitrogens is 3. The summed E-state index contributed by atoms with van der Waals surface area (Å²) >= 11 is 13.5. The van der Waals surface area contributed by atoms with Crippen molar-refractivity contribution in [3.05, 3.63) is 45.4 Å². The first kappa shape index (κ1) is 25.9. The molecule has 3 atom stereocenters. The van der Waals surface area contributed by atoms with E-state index < -0.39 is 6.10 Å². The Kier molecular flexibility index (Phi) is 8.29. The van der Waals surface area contributed by atoms with Crippen molar-refractivity contribution >= 4 is 23.2 Å². The second kappa shape index (κ2) is 11.2. The van der Waals surface area contributed by atoms with Gasteiger partial charge in [0.2, 0.25) is 0 Å². The smallest absolute Gasteiger partial charge is 0.161 e. The summed E-state index contributed by atoms with van der Waals surface area (Å²) in [6.45, 7) is 6.98. The maximum absolute atomic E-state index is 9.99. The van der Waals surface area contributed by atoms with Gasteiger partial charge in [0.25, 0.3) is 0 Å². The van der Waals surface area contributed by atoms with Gasteiger partial charge in [-0.3, -0.25) is 0 Å². The molecule has 0 unspecified atom stereocenters. The van der Waals surface area contributed by atoms with E-state index in [9.17, 15) is 5.11 Å². The molecular weight excluding hydrogens is 491 g/mol. The molecule has 1 saturated heterocycles. The van der Waals surface area contributed by atoms with Crippen LogP contribution in [0.2, 0.25) is 10.0 Å². The summed E-state index contributed by atoms with van der Waals surface area (Å²) in [6.07, 6.45) is 1.16. The summed E-state index contributed by atoms with van der Waals surface area (Å²) in [7, 11) is 1.77. The third-order valence-electron chi connectivity index (χ3n) is 6.01. The lowest BCUT2D eigenvalue weighted by molar-refractivity contribution is 0.108. The summed E-state index contributed by atoms with van der Waals surface area (Å²) in [6, 6.07) is 5.26. The first-order chi connectivity index (χ1) is 16.8. The monoisotopic (exact) mass is 520 g/mol. The van der Waals surface area contributed by atoms with Gasteiger partial charge in [-0.1, -0.05) is 28.4 Å². The number of nitrogens with zero attached hydrogens (tertiary/aromatic N) is 3. The van der Waals surface area contributed by atoms with Crippen LogP contribution in [0.15, 0.2) is 22.7 Å². The SMILES string of the molecule is CNC[C@@H](O)COc1ccc(Cl)c(-c2nc(C[C@@H]3CO[C@H](C)C3)c(Cl)c(-c3c(C)noc3C)n2)c1. The van der Waals surface area contributed by atoms with Crippen LogP contribution in [0.3, 0.4) is 0 Å². The van der Waals surface area contributed by atoms with E-state index in [1.54, 1.807) is 25.2 Å². The minimum atomic E-state index is -0.639. The minimum absolute atomic E-state index is 0.138. The van der Waals surface area contributed by atoms with Crippen LogP contribution in [0, 0.1) is 19.8 Å². The second-order valence-corrected chi connectivity index (χ2v) is 9.75. The van der Waals surface area contributed by atoms with Crippen LogP contribution in [0.5, 0.6) is 5.75 Å². The number of aliphatic hydroxyl groups excluding tert-OH is 1.